The highest BCUT2D eigenvalue weighted by Gasteiger charge is 2.21. The number of amides is 2. The molecule has 1 atom stereocenters. The SMILES string of the molecule is COc1ccc(C(=O)NCC(=O)NC(c2ccccc2)c2nccn2C)cc1OC. The van der Waals surface area contributed by atoms with Crippen LogP contribution in [0.4, 0.5) is 0 Å². The van der Waals surface area contributed by atoms with E-state index in [0.717, 1.165) is 5.56 Å². The van der Waals surface area contributed by atoms with E-state index in [-0.39, 0.29) is 18.4 Å². The summed E-state index contributed by atoms with van der Waals surface area (Å²) in [5, 5.41) is 5.57. The van der Waals surface area contributed by atoms with Crippen LogP contribution < -0.4 is 20.1 Å². The molecule has 156 valence electrons. The second kappa shape index (κ2) is 9.60. The Morgan fingerprint density at radius 3 is 2.43 bits per heavy atom. The van der Waals surface area contributed by atoms with Crippen LogP contribution in [-0.4, -0.2) is 42.1 Å². The number of imidazole rings is 1. The molecule has 1 unspecified atom stereocenters. The third kappa shape index (κ3) is 4.78. The zero-order valence-electron chi connectivity index (χ0n) is 17.1. The van der Waals surface area contributed by atoms with Gasteiger partial charge in [0.05, 0.1) is 20.8 Å². The summed E-state index contributed by atoms with van der Waals surface area (Å²) >= 11 is 0. The first-order chi connectivity index (χ1) is 14.5. The van der Waals surface area contributed by atoms with E-state index in [0.29, 0.717) is 22.9 Å². The van der Waals surface area contributed by atoms with Gasteiger partial charge in [0.25, 0.3) is 5.91 Å². The molecule has 8 nitrogen and oxygen atoms in total. The van der Waals surface area contributed by atoms with Crippen molar-refractivity contribution in [3.8, 4) is 11.5 Å². The molecule has 1 heterocycles. The number of hydrogen-bond acceptors (Lipinski definition) is 5. The van der Waals surface area contributed by atoms with Gasteiger partial charge in [0.15, 0.2) is 11.5 Å². The first kappa shape index (κ1) is 20.9. The Bertz CT molecular complexity index is 1020. The third-order valence-corrected chi connectivity index (χ3v) is 4.61. The van der Waals surface area contributed by atoms with Crippen LogP contribution in [0.5, 0.6) is 11.5 Å². The van der Waals surface area contributed by atoms with E-state index in [1.54, 1.807) is 24.4 Å². The number of carbonyl (C=O) groups is 2. The lowest BCUT2D eigenvalue weighted by atomic mass is 10.1. The lowest BCUT2D eigenvalue weighted by molar-refractivity contribution is -0.120. The zero-order valence-corrected chi connectivity index (χ0v) is 17.1. The number of hydrogen-bond donors (Lipinski definition) is 2. The number of methoxy groups -OCH3 is 2. The molecule has 3 aromatic rings. The van der Waals surface area contributed by atoms with Crippen LogP contribution >= 0.6 is 0 Å². The Morgan fingerprint density at radius 2 is 1.80 bits per heavy atom. The molecular weight excluding hydrogens is 384 g/mol. The predicted octanol–water partition coefficient (Wildman–Crippen LogP) is 2.07. The van der Waals surface area contributed by atoms with Crippen molar-refractivity contribution in [3.63, 3.8) is 0 Å². The smallest absolute Gasteiger partial charge is 0.251 e. The predicted molar refractivity (Wildman–Crippen MR) is 112 cm³/mol. The third-order valence-electron chi connectivity index (χ3n) is 4.61. The second-order valence-corrected chi connectivity index (χ2v) is 6.56. The molecule has 0 saturated heterocycles. The van der Waals surface area contributed by atoms with Crippen LogP contribution in [-0.2, 0) is 11.8 Å². The van der Waals surface area contributed by atoms with Crippen molar-refractivity contribution < 1.29 is 19.1 Å². The zero-order chi connectivity index (χ0) is 21.5. The van der Waals surface area contributed by atoms with Gasteiger partial charge < -0.3 is 24.7 Å². The Labute approximate surface area is 174 Å². The minimum Gasteiger partial charge on any atom is -0.493 e. The Hall–Kier alpha value is -3.81. The van der Waals surface area contributed by atoms with Crippen LogP contribution in [0.15, 0.2) is 60.9 Å². The summed E-state index contributed by atoms with van der Waals surface area (Å²) in [6.45, 7) is -0.180. The van der Waals surface area contributed by atoms with Gasteiger partial charge in [0.1, 0.15) is 11.9 Å². The van der Waals surface area contributed by atoms with E-state index in [2.05, 4.69) is 15.6 Å². The largest absolute Gasteiger partial charge is 0.493 e. The van der Waals surface area contributed by atoms with Crippen molar-refractivity contribution >= 4 is 11.8 Å². The molecule has 30 heavy (non-hydrogen) atoms. The molecule has 2 N–H and O–H groups in total. The van der Waals surface area contributed by atoms with Gasteiger partial charge >= 0.3 is 0 Å². The molecule has 0 bridgehead atoms. The number of benzene rings is 2. The molecule has 0 aliphatic rings. The molecule has 0 aliphatic heterocycles. The number of aromatic nitrogens is 2. The van der Waals surface area contributed by atoms with E-state index >= 15 is 0 Å². The molecule has 0 fully saturated rings. The molecule has 2 aromatic carbocycles. The van der Waals surface area contributed by atoms with Crippen LogP contribution in [0.3, 0.4) is 0 Å². The number of nitrogens with zero attached hydrogens (tertiary/aromatic N) is 2. The monoisotopic (exact) mass is 408 g/mol. The van der Waals surface area contributed by atoms with Crippen molar-refractivity contribution in [2.75, 3.05) is 20.8 Å². The first-order valence-corrected chi connectivity index (χ1v) is 9.35. The maximum absolute atomic E-state index is 12.6. The Kier molecular flexibility index (Phi) is 6.69. The minimum absolute atomic E-state index is 0.180. The lowest BCUT2D eigenvalue weighted by Crippen LogP contribution is -2.39. The molecule has 8 heteroatoms. The number of rotatable bonds is 8. The summed E-state index contributed by atoms with van der Waals surface area (Å²) in [6.07, 6.45) is 3.49. The van der Waals surface area contributed by atoms with Crippen LogP contribution in [0.1, 0.15) is 27.8 Å². The fourth-order valence-corrected chi connectivity index (χ4v) is 3.05. The quantitative estimate of drug-likeness (QED) is 0.595. The van der Waals surface area contributed by atoms with Crippen molar-refractivity contribution in [1.29, 1.82) is 0 Å². The Morgan fingerprint density at radius 1 is 1.07 bits per heavy atom. The van der Waals surface area contributed by atoms with Gasteiger partial charge in [0.2, 0.25) is 5.91 Å². The average molecular weight is 408 g/mol. The van der Waals surface area contributed by atoms with E-state index in [1.165, 1.54) is 14.2 Å². The fraction of sp³-hybridized carbons (Fsp3) is 0.227. The molecule has 0 radical (unpaired) electrons. The van der Waals surface area contributed by atoms with Crippen LogP contribution in [0, 0.1) is 0 Å². The highest BCUT2D eigenvalue weighted by Crippen LogP contribution is 2.27. The van der Waals surface area contributed by atoms with Gasteiger partial charge in [-0.05, 0) is 23.8 Å². The maximum atomic E-state index is 12.6. The van der Waals surface area contributed by atoms with E-state index in [4.69, 9.17) is 9.47 Å². The molecule has 1 aromatic heterocycles. The Balaban J connectivity index is 1.68. The fourth-order valence-electron chi connectivity index (χ4n) is 3.05. The minimum atomic E-state index is -0.434. The molecule has 0 aliphatic carbocycles. The van der Waals surface area contributed by atoms with E-state index in [1.807, 2.05) is 48.1 Å². The van der Waals surface area contributed by atoms with Crippen molar-refractivity contribution in [1.82, 2.24) is 20.2 Å². The standard InChI is InChI=1S/C22H24N4O4/c1-26-12-11-23-21(26)20(15-7-5-4-6-8-15)25-19(27)14-24-22(28)16-9-10-17(29-2)18(13-16)30-3/h4-13,20H,14H2,1-3H3,(H,24,28)(H,25,27). The average Bonchev–Trinajstić information content (AvgIpc) is 3.21. The molecule has 0 saturated carbocycles. The molecule has 2 amide bonds. The highest BCUT2D eigenvalue weighted by atomic mass is 16.5. The number of aryl methyl sites for hydroxylation is 1. The second-order valence-electron chi connectivity index (χ2n) is 6.56. The van der Waals surface area contributed by atoms with Crippen molar-refractivity contribution in [2.45, 2.75) is 6.04 Å². The summed E-state index contributed by atoms with van der Waals surface area (Å²) in [6, 6.07) is 13.9. The number of ether oxygens (including phenoxy) is 2. The summed E-state index contributed by atoms with van der Waals surface area (Å²) in [5.74, 6) is 0.932. The normalized spacial score (nSPS) is 11.4. The summed E-state index contributed by atoms with van der Waals surface area (Å²) in [7, 11) is 4.88. The van der Waals surface area contributed by atoms with Crippen LogP contribution in [0.25, 0.3) is 0 Å². The number of carbonyl (C=O) groups excluding carboxylic acids is 2. The highest BCUT2D eigenvalue weighted by molar-refractivity contribution is 5.97. The van der Waals surface area contributed by atoms with Crippen LogP contribution in [0.2, 0.25) is 0 Å². The summed E-state index contributed by atoms with van der Waals surface area (Å²) in [5.41, 5.74) is 1.26. The summed E-state index contributed by atoms with van der Waals surface area (Å²) < 4.78 is 12.2. The molecule has 0 spiro atoms. The van der Waals surface area contributed by atoms with Crippen molar-refractivity contribution in [2.24, 2.45) is 7.05 Å². The van der Waals surface area contributed by atoms with Gasteiger partial charge in [-0.25, -0.2) is 4.98 Å². The van der Waals surface area contributed by atoms with E-state index in [9.17, 15) is 9.59 Å². The van der Waals surface area contributed by atoms with Gasteiger partial charge in [-0.2, -0.15) is 0 Å². The molecule has 3 rings (SSSR count). The van der Waals surface area contributed by atoms with Crippen molar-refractivity contribution in [3.05, 3.63) is 77.9 Å². The van der Waals surface area contributed by atoms with Gasteiger partial charge in [0, 0.05) is 25.0 Å². The molecular formula is C22H24N4O4. The van der Waals surface area contributed by atoms with Gasteiger partial charge in [-0.1, -0.05) is 30.3 Å². The first-order valence-electron chi connectivity index (χ1n) is 9.35. The topological polar surface area (TPSA) is 94.5 Å². The lowest BCUT2D eigenvalue weighted by Gasteiger charge is -2.19. The van der Waals surface area contributed by atoms with Gasteiger partial charge in [-0.15, -0.1) is 0 Å². The van der Waals surface area contributed by atoms with E-state index < -0.39 is 6.04 Å². The maximum Gasteiger partial charge on any atom is 0.251 e. The van der Waals surface area contributed by atoms with Gasteiger partial charge in [-0.3, -0.25) is 9.59 Å². The summed E-state index contributed by atoms with van der Waals surface area (Å²) in [4.78, 5) is 29.4. The number of nitrogens with one attached hydrogen (secondary N) is 2.